The maximum atomic E-state index is 12.9. The van der Waals surface area contributed by atoms with Crippen LogP contribution in [0.25, 0.3) is 21.5 Å². The molecule has 0 saturated carbocycles. The lowest BCUT2D eigenvalue weighted by Crippen LogP contribution is -2.49. The number of amides is 1. The Morgan fingerprint density at radius 2 is 1.72 bits per heavy atom. The first-order valence-corrected chi connectivity index (χ1v) is 10.4. The van der Waals surface area contributed by atoms with Gasteiger partial charge in [-0.3, -0.25) is 4.79 Å². The largest absolute Gasteiger partial charge is 0.353 e. The van der Waals surface area contributed by atoms with Crippen LogP contribution in [0.15, 0.2) is 66.4 Å². The van der Waals surface area contributed by atoms with E-state index in [9.17, 15) is 4.79 Å². The second kappa shape index (κ2) is 7.60. The second-order valence-electron chi connectivity index (χ2n) is 6.94. The number of nitrogens with zero attached hydrogens (tertiary/aromatic N) is 5. The predicted molar refractivity (Wildman–Crippen MR) is 115 cm³/mol. The molecule has 1 aliphatic rings. The maximum Gasteiger partial charge on any atom is 0.254 e. The summed E-state index contributed by atoms with van der Waals surface area (Å²) in [6, 6.07) is 17.8. The van der Waals surface area contributed by atoms with Gasteiger partial charge in [0.25, 0.3) is 5.91 Å². The van der Waals surface area contributed by atoms with Gasteiger partial charge in [0.2, 0.25) is 0 Å². The monoisotopic (exact) mass is 401 g/mol. The number of benzene rings is 2. The zero-order valence-corrected chi connectivity index (χ0v) is 16.5. The molecule has 2 aromatic heterocycles. The van der Waals surface area contributed by atoms with Crippen LogP contribution in [0.4, 0.5) is 5.82 Å². The summed E-state index contributed by atoms with van der Waals surface area (Å²) in [6.45, 7) is 2.84. The van der Waals surface area contributed by atoms with Gasteiger partial charge in [-0.15, -0.1) is 11.3 Å². The summed E-state index contributed by atoms with van der Waals surface area (Å²) in [5.74, 6) is 0.977. The van der Waals surface area contributed by atoms with E-state index in [0.717, 1.165) is 45.9 Å². The third kappa shape index (κ3) is 3.56. The topological polar surface area (TPSA) is 62.2 Å². The molecule has 1 saturated heterocycles. The summed E-state index contributed by atoms with van der Waals surface area (Å²) in [5, 5.41) is 0. The standard InChI is InChI=1S/C22H19N5OS/c28-22(17-6-7-18-20(12-17)29-15-25-18)27-10-8-26(9-11-27)21-13-19(23-14-24-21)16-4-2-1-3-5-16/h1-7,12-15H,8-11H2. The molecule has 0 unspecified atom stereocenters. The molecule has 0 N–H and O–H groups in total. The molecule has 0 aliphatic carbocycles. The van der Waals surface area contributed by atoms with Crippen LogP contribution in [0.1, 0.15) is 10.4 Å². The highest BCUT2D eigenvalue weighted by molar-refractivity contribution is 7.16. The molecule has 29 heavy (non-hydrogen) atoms. The summed E-state index contributed by atoms with van der Waals surface area (Å²) in [6.07, 6.45) is 1.61. The predicted octanol–water partition coefficient (Wildman–Crippen LogP) is 3.72. The minimum atomic E-state index is 0.0765. The van der Waals surface area contributed by atoms with E-state index in [1.807, 2.05) is 65.0 Å². The Bertz CT molecular complexity index is 1150. The van der Waals surface area contributed by atoms with Crippen molar-refractivity contribution in [1.82, 2.24) is 19.9 Å². The van der Waals surface area contributed by atoms with Gasteiger partial charge >= 0.3 is 0 Å². The van der Waals surface area contributed by atoms with Crippen LogP contribution in [-0.4, -0.2) is 51.9 Å². The van der Waals surface area contributed by atoms with Gasteiger partial charge < -0.3 is 9.80 Å². The molecular formula is C22H19N5OS. The van der Waals surface area contributed by atoms with Crippen LogP contribution in [0.3, 0.4) is 0 Å². The third-order valence-electron chi connectivity index (χ3n) is 5.19. The SMILES string of the molecule is O=C(c1ccc2ncsc2c1)N1CCN(c2cc(-c3ccccc3)ncn2)CC1. The molecule has 0 spiro atoms. The normalized spacial score (nSPS) is 14.3. The molecule has 7 heteroatoms. The zero-order chi connectivity index (χ0) is 19.6. The molecule has 0 bridgehead atoms. The van der Waals surface area contributed by atoms with Gasteiger partial charge in [0.15, 0.2) is 0 Å². The number of rotatable bonds is 3. The molecule has 5 rings (SSSR count). The lowest BCUT2D eigenvalue weighted by atomic mass is 10.1. The van der Waals surface area contributed by atoms with Gasteiger partial charge in [-0.05, 0) is 18.2 Å². The van der Waals surface area contributed by atoms with Crippen LogP contribution in [0, 0.1) is 0 Å². The number of hydrogen-bond donors (Lipinski definition) is 0. The van der Waals surface area contributed by atoms with E-state index >= 15 is 0 Å². The summed E-state index contributed by atoms with van der Waals surface area (Å²) in [4.78, 5) is 30.2. The first kappa shape index (κ1) is 17.8. The lowest BCUT2D eigenvalue weighted by Gasteiger charge is -2.35. The Morgan fingerprint density at radius 3 is 2.55 bits per heavy atom. The van der Waals surface area contributed by atoms with Crippen LogP contribution < -0.4 is 4.90 Å². The average Bonchev–Trinajstić information content (AvgIpc) is 3.27. The van der Waals surface area contributed by atoms with Gasteiger partial charge in [-0.1, -0.05) is 30.3 Å². The number of anilines is 1. The summed E-state index contributed by atoms with van der Waals surface area (Å²) in [7, 11) is 0. The van der Waals surface area contributed by atoms with Crippen LogP contribution in [-0.2, 0) is 0 Å². The molecular weight excluding hydrogens is 382 g/mol. The lowest BCUT2D eigenvalue weighted by molar-refractivity contribution is 0.0746. The highest BCUT2D eigenvalue weighted by Crippen LogP contribution is 2.23. The Morgan fingerprint density at radius 1 is 0.897 bits per heavy atom. The van der Waals surface area contributed by atoms with Gasteiger partial charge in [0.05, 0.1) is 21.4 Å². The van der Waals surface area contributed by atoms with E-state index in [0.29, 0.717) is 13.1 Å². The molecule has 1 amide bonds. The molecule has 2 aromatic carbocycles. The molecule has 4 aromatic rings. The summed E-state index contributed by atoms with van der Waals surface area (Å²) < 4.78 is 1.05. The third-order valence-corrected chi connectivity index (χ3v) is 5.98. The number of carbonyl (C=O) groups excluding carboxylic acids is 1. The smallest absolute Gasteiger partial charge is 0.254 e. The second-order valence-corrected chi connectivity index (χ2v) is 7.83. The van der Waals surface area contributed by atoms with Crippen molar-refractivity contribution < 1.29 is 4.79 Å². The molecule has 0 atom stereocenters. The van der Waals surface area contributed by atoms with Crippen molar-refractivity contribution in [2.75, 3.05) is 31.1 Å². The summed E-state index contributed by atoms with van der Waals surface area (Å²) >= 11 is 1.56. The minimum absolute atomic E-state index is 0.0765. The van der Waals surface area contributed by atoms with Gasteiger partial charge in [0, 0.05) is 43.4 Å². The number of carbonyl (C=O) groups is 1. The zero-order valence-electron chi connectivity index (χ0n) is 15.7. The van der Waals surface area contributed by atoms with Crippen LogP contribution >= 0.6 is 11.3 Å². The van der Waals surface area contributed by atoms with Gasteiger partial charge in [-0.25, -0.2) is 15.0 Å². The van der Waals surface area contributed by atoms with E-state index in [4.69, 9.17) is 0 Å². The first-order chi connectivity index (χ1) is 14.3. The number of aromatic nitrogens is 3. The van der Waals surface area contributed by atoms with E-state index in [2.05, 4.69) is 19.9 Å². The van der Waals surface area contributed by atoms with Crippen molar-refractivity contribution in [1.29, 1.82) is 0 Å². The summed E-state index contributed by atoms with van der Waals surface area (Å²) in [5.41, 5.74) is 5.46. The van der Waals surface area contributed by atoms with E-state index in [-0.39, 0.29) is 5.91 Å². The van der Waals surface area contributed by atoms with Crippen molar-refractivity contribution >= 4 is 33.3 Å². The highest BCUT2D eigenvalue weighted by Gasteiger charge is 2.23. The fourth-order valence-electron chi connectivity index (χ4n) is 3.60. The van der Waals surface area contributed by atoms with E-state index < -0.39 is 0 Å². The van der Waals surface area contributed by atoms with Crippen molar-refractivity contribution in [3.8, 4) is 11.3 Å². The molecule has 144 valence electrons. The Balaban J connectivity index is 1.28. The Kier molecular flexibility index (Phi) is 4.65. The number of fused-ring (bicyclic) bond motifs is 1. The van der Waals surface area contributed by atoms with Crippen LogP contribution in [0.5, 0.6) is 0 Å². The molecule has 0 radical (unpaired) electrons. The molecule has 3 heterocycles. The van der Waals surface area contributed by atoms with Crippen molar-refractivity contribution in [3.05, 3.63) is 72.0 Å². The number of thiazole rings is 1. The molecule has 6 nitrogen and oxygen atoms in total. The average molecular weight is 401 g/mol. The van der Waals surface area contributed by atoms with Crippen LogP contribution in [0.2, 0.25) is 0 Å². The van der Waals surface area contributed by atoms with Crippen molar-refractivity contribution in [2.24, 2.45) is 0 Å². The van der Waals surface area contributed by atoms with E-state index in [1.165, 1.54) is 0 Å². The van der Waals surface area contributed by atoms with Gasteiger partial charge in [0.1, 0.15) is 12.1 Å². The number of piperazine rings is 1. The fraction of sp³-hybridized carbons (Fsp3) is 0.182. The van der Waals surface area contributed by atoms with Crippen molar-refractivity contribution in [2.45, 2.75) is 0 Å². The number of hydrogen-bond acceptors (Lipinski definition) is 6. The minimum Gasteiger partial charge on any atom is -0.353 e. The van der Waals surface area contributed by atoms with Crippen molar-refractivity contribution in [3.63, 3.8) is 0 Å². The molecule has 1 fully saturated rings. The quantitative estimate of drug-likeness (QED) is 0.524. The Labute approximate surface area is 172 Å². The Hall–Kier alpha value is -3.32. The molecule has 1 aliphatic heterocycles. The van der Waals surface area contributed by atoms with Gasteiger partial charge in [-0.2, -0.15) is 0 Å². The fourth-order valence-corrected chi connectivity index (χ4v) is 4.31. The maximum absolute atomic E-state index is 12.9. The first-order valence-electron chi connectivity index (χ1n) is 9.53. The van der Waals surface area contributed by atoms with E-state index in [1.54, 1.807) is 17.7 Å². The highest BCUT2D eigenvalue weighted by atomic mass is 32.1.